The number of halogens is 1. The lowest BCUT2D eigenvalue weighted by Gasteiger charge is -2.08. The number of aromatic amines is 1. The molecule has 7 nitrogen and oxygen atoms in total. The van der Waals surface area contributed by atoms with E-state index in [0.717, 1.165) is 10.8 Å². The fourth-order valence-corrected chi connectivity index (χ4v) is 1.74. The van der Waals surface area contributed by atoms with Gasteiger partial charge in [-0.25, -0.2) is 4.79 Å². The first-order chi connectivity index (χ1) is 9.99. The number of rotatable bonds is 4. The second-order valence-corrected chi connectivity index (χ2v) is 4.27. The van der Waals surface area contributed by atoms with Gasteiger partial charge in [0.1, 0.15) is 0 Å². The van der Waals surface area contributed by atoms with Crippen molar-refractivity contribution < 1.29 is 9.18 Å². The molecule has 1 aromatic heterocycles. The molecule has 0 aliphatic heterocycles. The third-order valence-corrected chi connectivity index (χ3v) is 2.81. The molecule has 1 heterocycles. The van der Waals surface area contributed by atoms with Crippen LogP contribution in [0.1, 0.15) is 10.4 Å². The molecule has 0 unspecified atom stereocenters. The summed E-state index contributed by atoms with van der Waals surface area (Å²) in [4.78, 5) is 36.0. The quantitative estimate of drug-likeness (QED) is 0.671. The van der Waals surface area contributed by atoms with Gasteiger partial charge in [-0.2, -0.15) is 4.39 Å². The number of carbonyl (C=O) groups excluding carboxylic acids is 1. The molecule has 0 aliphatic rings. The zero-order valence-electron chi connectivity index (χ0n) is 10.9. The molecule has 4 N–H and O–H groups in total. The zero-order valence-corrected chi connectivity index (χ0v) is 10.9. The van der Waals surface area contributed by atoms with Crippen molar-refractivity contribution in [2.75, 3.05) is 12.3 Å². The molecule has 2 aromatic rings. The molecule has 0 saturated heterocycles. The second-order valence-electron chi connectivity index (χ2n) is 4.27. The van der Waals surface area contributed by atoms with Crippen LogP contribution in [0.4, 0.5) is 10.1 Å². The van der Waals surface area contributed by atoms with Crippen LogP contribution in [-0.4, -0.2) is 22.0 Å². The Balaban J connectivity index is 2.01. The zero-order chi connectivity index (χ0) is 15.4. The van der Waals surface area contributed by atoms with Crippen LogP contribution in [0.15, 0.2) is 40.1 Å². The Morgan fingerprint density at radius 2 is 2.05 bits per heavy atom. The maximum Gasteiger partial charge on any atom is 0.328 e. The normalized spacial score (nSPS) is 10.3. The van der Waals surface area contributed by atoms with E-state index in [0.29, 0.717) is 11.3 Å². The van der Waals surface area contributed by atoms with Gasteiger partial charge in [0.25, 0.3) is 11.5 Å². The number of anilines is 1. The summed E-state index contributed by atoms with van der Waals surface area (Å²) in [5.41, 5.74) is 4.50. The van der Waals surface area contributed by atoms with E-state index in [4.69, 9.17) is 5.73 Å². The lowest BCUT2D eigenvalue weighted by Crippen LogP contribution is -2.35. The van der Waals surface area contributed by atoms with E-state index in [1.165, 1.54) is 0 Å². The maximum absolute atomic E-state index is 13.1. The first-order valence-electron chi connectivity index (χ1n) is 6.11. The monoisotopic (exact) mass is 292 g/mol. The fraction of sp³-hybridized carbons (Fsp3) is 0.154. The minimum absolute atomic E-state index is 0.0189. The highest BCUT2D eigenvalue weighted by atomic mass is 19.1. The van der Waals surface area contributed by atoms with Gasteiger partial charge in [0.05, 0.1) is 11.8 Å². The number of benzene rings is 1. The Morgan fingerprint density at radius 1 is 1.33 bits per heavy atom. The molecule has 0 bridgehead atoms. The number of H-pyrrole nitrogens is 1. The van der Waals surface area contributed by atoms with Gasteiger partial charge in [0.2, 0.25) is 5.82 Å². The van der Waals surface area contributed by atoms with Gasteiger partial charge in [0.15, 0.2) is 0 Å². The van der Waals surface area contributed by atoms with Crippen LogP contribution in [0.5, 0.6) is 0 Å². The first kappa shape index (κ1) is 14.5. The van der Waals surface area contributed by atoms with Crippen LogP contribution in [0.25, 0.3) is 0 Å². The Hall–Kier alpha value is -2.90. The SMILES string of the molecule is Nc1ccccc1C(=O)NCCn1cc(F)c(=O)[nH]c1=O. The lowest BCUT2D eigenvalue weighted by atomic mass is 10.2. The third-order valence-electron chi connectivity index (χ3n) is 2.81. The van der Waals surface area contributed by atoms with Gasteiger partial charge in [0, 0.05) is 18.8 Å². The van der Waals surface area contributed by atoms with Crippen molar-refractivity contribution in [3.05, 3.63) is 62.7 Å². The van der Waals surface area contributed by atoms with Gasteiger partial charge in [-0.05, 0) is 12.1 Å². The molecule has 1 aromatic carbocycles. The van der Waals surface area contributed by atoms with Gasteiger partial charge in [-0.15, -0.1) is 0 Å². The van der Waals surface area contributed by atoms with Crippen LogP contribution < -0.4 is 22.3 Å². The summed E-state index contributed by atoms with van der Waals surface area (Å²) >= 11 is 0. The summed E-state index contributed by atoms with van der Waals surface area (Å²) in [7, 11) is 0. The third kappa shape index (κ3) is 3.35. The summed E-state index contributed by atoms with van der Waals surface area (Å²) in [6, 6.07) is 6.54. The summed E-state index contributed by atoms with van der Waals surface area (Å²) in [6.45, 7) is 0.101. The Kier molecular flexibility index (Phi) is 4.17. The number of hydrogen-bond acceptors (Lipinski definition) is 4. The minimum Gasteiger partial charge on any atom is -0.398 e. The molecule has 2 rings (SSSR count). The van der Waals surface area contributed by atoms with E-state index in [1.54, 1.807) is 24.3 Å². The van der Waals surface area contributed by atoms with E-state index in [2.05, 4.69) is 5.32 Å². The largest absolute Gasteiger partial charge is 0.398 e. The van der Waals surface area contributed by atoms with Crippen LogP contribution in [-0.2, 0) is 6.54 Å². The average Bonchev–Trinajstić information content (AvgIpc) is 2.44. The standard InChI is InChI=1S/C13H13FN4O3/c14-9-7-18(13(21)17-12(9)20)6-5-16-11(19)8-3-1-2-4-10(8)15/h1-4,7H,5-6,15H2,(H,16,19)(H,17,20,21). The number of nitrogen functional groups attached to an aromatic ring is 1. The molecule has 0 aliphatic carbocycles. The van der Waals surface area contributed by atoms with Crippen LogP contribution in [0.3, 0.4) is 0 Å². The van der Waals surface area contributed by atoms with Crippen molar-refractivity contribution in [2.24, 2.45) is 0 Å². The van der Waals surface area contributed by atoms with Crippen molar-refractivity contribution in [1.29, 1.82) is 0 Å². The minimum atomic E-state index is -1.07. The summed E-state index contributed by atoms with van der Waals surface area (Å²) in [5, 5.41) is 2.56. The smallest absolute Gasteiger partial charge is 0.328 e. The molecule has 21 heavy (non-hydrogen) atoms. The van der Waals surface area contributed by atoms with Gasteiger partial charge in [-0.1, -0.05) is 12.1 Å². The van der Waals surface area contributed by atoms with Crippen molar-refractivity contribution in [3.63, 3.8) is 0 Å². The van der Waals surface area contributed by atoms with E-state index >= 15 is 0 Å². The van der Waals surface area contributed by atoms with E-state index in [9.17, 15) is 18.8 Å². The average molecular weight is 292 g/mol. The van der Waals surface area contributed by atoms with Crippen molar-refractivity contribution in [1.82, 2.24) is 14.9 Å². The molecule has 0 spiro atoms. The molecule has 0 atom stereocenters. The first-order valence-corrected chi connectivity index (χ1v) is 6.11. The predicted molar refractivity (Wildman–Crippen MR) is 74.5 cm³/mol. The predicted octanol–water partition coefficient (Wildman–Crippen LogP) is -0.312. The number of para-hydroxylation sites is 1. The highest BCUT2D eigenvalue weighted by Gasteiger charge is 2.08. The van der Waals surface area contributed by atoms with Crippen LogP contribution in [0, 0.1) is 5.82 Å². The van der Waals surface area contributed by atoms with Crippen LogP contribution >= 0.6 is 0 Å². The number of amides is 1. The van der Waals surface area contributed by atoms with E-state index in [1.807, 2.05) is 4.98 Å². The van der Waals surface area contributed by atoms with Crippen molar-refractivity contribution in [3.8, 4) is 0 Å². The van der Waals surface area contributed by atoms with Gasteiger partial charge in [-0.3, -0.25) is 19.1 Å². The lowest BCUT2D eigenvalue weighted by molar-refractivity contribution is 0.0953. The molecule has 1 amide bonds. The molecule has 8 heteroatoms. The van der Waals surface area contributed by atoms with Gasteiger partial charge >= 0.3 is 5.69 Å². The number of nitrogens with two attached hydrogens (primary N) is 1. The van der Waals surface area contributed by atoms with E-state index in [-0.39, 0.29) is 13.1 Å². The molecule has 0 saturated carbocycles. The van der Waals surface area contributed by atoms with Crippen LogP contribution in [0.2, 0.25) is 0 Å². The Labute approximate surface area is 118 Å². The summed E-state index contributed by atoms with van der Waals surface area (Å²) in [6.07, 6.45) is 0.796. The number of carbonyl (C=O) groups is 1. The molecular weight excluding hydrogens is 279 g/mol. The number of nitrogens with one attached hydrogen (secondary N) is 2. The molecule has 110 valence electrons. The summed E-state index contributed by atoms with van der Waals surface area (Å²) < 4.78 is 14.0. The highest BCUT2D eigenvalue weighted by Crippen LogP contribution is 2.09. The molecular formula is C13H13FN4O3. The van der Waals surface area contributed by atoms with E-state index < -0.39 is 23.0 Å². The Morgan fingerprint density at radius 3 is 2.76 bits per heavy atom. The van der Waals surface area contributed by atoms with Crippen molar-refractivity contribution in [2.45, 2.75) is 6.54 Å². The number of hydrogen-bond donors (Lipinski definition) is 3. The summed E-state index contributed by atoms with van der Waals surface area (Å²) in [5.74, 6) is -1.46. The fourth-order valence-electron chi connectivity index (χ4n) is 1.74. The second kappa shape index (κ2) is 6.04. The molecule has 0 fully saturated rings. The number of nitrogens with zero attached hydrogens (tertiary/aromatic N) is 1. The Bertz CT molecular complexity index is 781. The van der Waals surface area contributed by atoms with Crippen molar-refractivity contribution >= 4 is 11.6 Å². The number of aromatic nitrogens is 2. The maximum atomic E-state index is 13.1. The molecule has 0 radical (unpaired) electrons. The topological polar surface area (TPSA) is 110 Å². The highest BCUT2D eigenvalue weighted by molar-refractivity contribution is 5.98. The van der Waals surface area contributed by atoms with Gasteiger partial charge < -0.3 is 11.1 Å².